The summed E-state index contributed by atoms with van der Waals surface area (Å²) in [6, 6.07) is 4.18. The van der Waals surface area contributed by atoms with E-state index in [1.165, 1.54) is 31.2 Å². The average molecular weight is 237 g/mol. The van der Waals surface area contributed by atoms with Crippen molar-refractivity contribution in [1.29, 1.82) is 0 Å². The maximum Gasteiger partial charge on any atom is 0.352 e. The molecule has 90 valence electrons. The minimum atomic E-state index is -1.25. The van der Waals surface area contributed by atoms with Crippen LogP contribution in [0, 0.1) is 12.7 Å². The third-order valence-corrected chi connectivity index (χ3v) is 2.03. The first-order chi connectivity index (χ1) is 7.90. The van der Waals surface area contributed by atoms with Crippen molar-refractivity contribution >= 4 is 18.0 Å². The molecule has 1 rings (SSSR count). The summed E-state index contributed by atoms with van der Waals surface area (Å²) < 4.78 is 13.0. The molecular weight excluding hydrogens is 225 g/mol. The summed E-state index contributed by atoms with van der Waals surface area (Å²) >= 11 is 0. The normalized spacial score (nSPS) is 11.1. The number of rotatable bonds is 3. The second-order valence-electron chi connectivity index (χ2n) is 3.55. The smallest absolute Gasteiger partial charge is 0.352 e. The van der Waals surface area contributed by atoms with E-state index < -0.39 is 11.9 Å². The SMILES string of the molecule is CC(=O)N/C(=C/c1ccc(F)c(C)c1)C(=O)O. The molecule has 0 aromatic heterocycles. The molecule has 5 heteroatoms. The average Bonchev–Trinajstić information content (AvgIpc) is 2.21. The van der Waals surface area contributed by atoms with Gasteiger partial charge in [0.25, 0.3) is 0 Å². The van der Waals surface area contributed by atoms with Crippen LogP contribution in [-0.4, -0.2) is 17.0 Å². The molecule has 0 saturated heterocycles. The van der Waals surface area contributed by atoms with Crippen LogP contribution < -0.4 is 5.32 Å². The van der Waals surface area contributed by atoms with Crippen LogP contribution in [0.15, 0.2) is 23.9 Å². The summed E-state index contributed by atoms with van der Waals surface area (Å²) in [7, 11) is 0. The largest absolute Gasteiger partial charge is 0.477 e. The van der Waals surface area contributed by atoms with Crippen molar-refractivity contribution in [2.45, 2.75) is 13.8 Å². The number of amides is 1. The van der Waals surface area contributed by atoms with Gasteiger partial charge in [0.2, 0.25) is 5.91 Å². The number of carboxylic acids is 1. The van der Waals surface area contributed by atoms with Gasteiger partial charge in [-0.25, -0.2) is 9.18 Å². The molecule has 0 aliphatic heterocycles. The third-order valence-electron chi connectivity index (χ3n) is 2.03. The Kier molecular flexibility index (Phi) is 3.98. The molecule has 0 bridgehead atoms. The molecular formula is C12H12FNO3. The van der Waals surface area contributed by atoms with Gasteiger partial charge in [-0.2, -0.15) is 0 Å². The molecule has 0 fully saturated rings. The first kappa shape index (κ1) is 12.9. The quantitative estimate of drug-likeness (QED) is 0.786. The Morgan fingerprint density at radius 1 is 1.41 bits per heavy atom. The molecule has 4 nitrogen and oxygen atoms in total. The predicted molar refractivity (Wildman–Crippen MR) is 60.6 cm³/mol. The zero-order chi connectivity index (χ0) is 13.0. The minimum Gasteiger partial charge on any atom is -0.477 e. The Balaban J connectivity index is 3.08. The van der Waals surface area contributed by atoms with Gasteiger partial charge in [0.15, 0.2) is 0 Å². The standard InChI is InChI=1S/C12H12FNO3/c1-7-5-9(3-4-10(7)13)6-11(12(16)17)14-8(2)15/h3-6H,1-2H3,(H,14,15)(H,16,17)/b11-6+. The lowest BCUT2D eigenvalue weighted by atomic mass is 10.1. The fourth-order valence-electron chi connectivity index (χ4n) is 1.27. The van der Waals surface area contributed by atoms with Gasteiger partial charge in [-0.15, -0.1) is 0 Å². The highest BCUT2D eigenvalue weighted by Crippen LogP contribution is 2.12. The first-order valence-corrected chi connectivity index (χ1v) is 4.89. The van der Waals surface area contributed by atoms with Gasteiger partial charge in [0.1, 0.15) is 11.5 Å². The van der Waals surface area contributed by atoms with Crippen LogP contribution in [0.5, 0.6) is 0 Å². The molecule has 1 aromatic carbocycles. The van der Waals surface area contributed by atoms with Crippen LogP contribution in [-0.2, 0) is 9.59 Å². The molecule has 1 aromatic rings. The minimum absolute atomic E-state index is 0.247. The summed E-state index contributed by atoms with van der Waals surface area (Å²) in [6.07, 6.45) is 1.27. The Hall–Kier alpha value is -2.17. The van der Waals surface area contributed by atoms with Crippen LogP contribution in [0.4, 0.5) is 4.39 Å². The van der Waals surface area contributed by atoms with Crippen molar-refractivity contribution in [2.75, 3.05) is 0 Å². The van der Waals surface area contributed by atoms with Gasteiger partial charge in [-0.05, 0) is 36.3 Å². The summed E-state index contributed by atoms with van der Waals surface area (Å²) in [6.45, 7) is 2.79. The summed E-state index contributed by atoms with van der Waals surface area (Å²) in [5, 5.41) is 11.0. The van der Waals surface area contributed by atoms with Crippen LogP contribution in [0.1, 0.15) is 18.1 Å². The molecule has 0 aliphatic rings. The number of carbonyl (C=O) groups is 2. The van der Waals surface area contributed by atoms with E-state index in [2.05, 4.69) is 5.32 Å². The van der Waals surface area contributed by atoms with Gasteiger partial charge in [-0.1, -0.05) is 6.07 Å². The lowest BCUT2D eigenvalue weighted by molar-refractivity contribution is -0.134. The van der Waals surface area contributed by atoms with E-state index in [4.69, 9.17) is 5.11 Å². The molecule has 0 unspecified atom stereocenters. The molecule has 0 aliphatic carbocycles. The summed E-state index contributed by atoms with van der Waals surface area (Å²) in [4.78, 5) is 21.6. The maximum atomic E-state index is 13.0. The van der Waals surface area contributed by atoms with Gasteiger partial charge < -0.3 is 10.4 Å². The number of nitrogens with one attached hydrogen (secondary N) is 1. The van der Waals surface area contributed by atoms with Crippen molar-refractivity contribution in [1.82, 2.24) is 5.32 Å². The molecule has 1 amide bonds. The zero-order valence-electron chi connectivity index (χ0n) is 9.45. The number of carbonyl (C=O) groups excluding carboxylic acids is 1. The molecule has 17 heavy (non-hydrogen) atoms. The van der Waals surface area contributed by atoms with Crippen molar-refractivity contribution in [3.05, 3.63) is 40.8 Å². The van der Waals surface area contributed by atoms with Gasteiger partial charge in [0.05, 0.1) is 0 Å². The summed E-state index contributed by atoms with van der Waals surface area (Å²) in [5.41, 5.74) is 0.671. The predicted octanol–water partition coefficient (Wildman–Crippen LogP) is 1.70. The van der Waals surface area contributed by atoms with E-state index in [0.717, 1.165) is 0 Å². The van der Waals surface area contributed by atoms with Crippen molar-refractivity contribution in [2.24, 2.45) is 0 Å². The number of carboxylic acid groups (broad SMARTS) is 1. The van der Waals surface area contributed by atoms with Crippen molar-refractivity contribution < 1.29 is 19.1 Å². The van der Waals surface area contributed by atoms with Gasteiger partial charge in [-0.3, -0.25) is 4.79 Å². The fourth-order valence-corrected chi connectivity index (χ4v) is 1.27. The van der Waals surface area contributed by atoms with E-state index >= 15 is 0 Å². The van der Waals surface area contributed by atoms with Crippen LogP contribution in [0.2, 0.25) is 0 Å². The number of aryl methyl sites for hydroxylation is 1. The van der Waals surface area contributed by atoms with E-state index in [0.29, 0.717) is 11.1 Å². The van der Waals surface area contributed by atoms with Crippen molar-refractivity contribution in [3.63, 3.8) is 0 Å². The number of halogens is 1. The van der Waals surface area contributed by atoms with Crippen LogP contribution in [0.3, 0.4) is 0 Å². The van der Waals surface area contributed by atoms with E-state index in [-0.39, 0.29) is 11.5 Å². The Morgan fingerprint density at radius 2 is 2.06 bits per heavy atom. The highest BCUT2D eigenvalue weighted by Gasteiger charge is 2.09. The van der Waals surface area contributed by atoms with Crippen LogP contribution >= 0.6 is 0 Å². The van der Waals surface area contributed by atoms with E-state index in [1.807, 2.05) is 0 Å². The van der Waals surface area contributed by atoms with E-state index in [9.17, 15) is 14.0 Å². The third kappa shape index (κ3) is 3.71. The lowest BCUT2D eigenvalue weighted by Crippen LogP contribution is -2.24. The Bertz CT molecular complexity index is 495. The first-order valence-electron chi connectivity index (χ1n) is 4.89. The van der Waals surface area contributed by atoms with Crippen LogP contribution in [0.25, 0.3) is 6.08 Å². The van der Waals surface area contributed by atoms with E-state index in [1.54, 1.807) is 6.92 Å². The molecule has 0 spiro atoms. The Labute approximate surface area is 97.8 Å². The molecule has 0 atom stereocenters. The van der Waals surface area contributed by atoms with Gasteiger partial charge >= 0.3 is 5.97 Å². The number of hydrogen-bond acceptors (Lipinski definition) is 2. The monoisotopic (exact) mass is 237 g/mol. The zero-order valence-corrected chi connectivity index (χ0v) is 9.45. The number of benzene rings is 1. The van der Waals surface area contributed by atoms with Gasteiger partial charge in [0, 0.05) is 6.92 Å². The molecule has 2 N–H and O–H groups in total. The van der Waals surface area contributed by atoms with Crippen molar-refractivity contribution in [3.8, 4) is 0 Å². The second-order valence-corrected chi connectivity index (χ2v) is 3.55. The second kappa shape index (κ2) is 5.25. The highest BCUT2D eigenvalue weighted by molar-refractivity contribution is 5.96. The number of hydrogen-bond donors (Lipinski definition) is 2. The molecule has 0 heterocycles. The highest BCUT2D eigenvalue weighted by atomic mass is 19.1. The topological polar surface area (TPSA) is 66.4 Å². The fraction of sp³-hybridized carbons (Fsp3) is 0.167. The molecule has 0 saturated carbocycles. The lowest BCUT2D eigenvalue weighted by Gasteiger charge is -2.04. The summed E-state index contributed by atoms with van der Waals surface area (Å²) in [5.74, 6) is -2.08. The maximum absolute atomic E-state index is 13.0. The number of aliphatic carboxylic acids is 1. The molecule has 0 radical (unpaired) electrons. The Morgan fingerprint density at radius 3 is 2.53 bits per heavy atom.